The lowest BCUT2D eigenvalue weighted by Gasteiger charge is -2.25. The summed E-state index contributed by atoms with van der Waals surface area (Å²) >= 11 is 0. The zero-order valence-electron chi connectivity index (χ0n) is 16.7. The molecule has 6 heteroatoms. The van der Waals surface area contributed by atoms with Crippen LogP contribution in [0.4, 0.5) is 11.6 Å². The summed E-state index contributed by atoms with van der Waals surface area (Å²) in [6.07, 6.45) is 0. The first-order valence-electron chi connectivity index (χ1n) is 9.13. The Morgan fingerprint density at radius 2 is 1.71 bits per heavy atom. The van der Waals surface area contributed by atoms with E-state index in [9.17, 15) is 5.26 Å². The van der Waals surface area contributed by atoms with E-state index in [2.05, 4.69) is 50.4 Å². The molecule has 1 N–H and O–H groups in total. The second-order valence-corrected chi connectivity index (χ2v) is 7.02. The molecule has 0 saturated carbocycles. The Kier molecular flexibility index (Phi) is 5.97. The summed E-state index contributed by atoms with van der Waals surface area (Å²) in [5.74, 6) is 0.842. The highest BCUT2D eigenvalue weighted by Gasteiger charge is 2.18. The van der Waals surface area contributed by atoms with Crippen LogP contribution in [0.2, 0.25) is 0 Å². The Hall–Kier alpha value is -3.30. The number of benzene rings is 2. The number of oxazole rings is 1. The quantitative estimate of drug-likeness (QED) is 0.673. The number of likely N-dealkylation sites (N-methyl/N-ethyl adjacent to an activating group) is 1. The van der Waals surface area contributed by atoms with Crippen LogP contribution in [0.15, 0.2) is 59.0 Å². The third kappa shape index (κ3) is 4.33. The zero-order chi connectivity index (χ0) is 20.1. The topological polar surface area (TPSA) is 68.3 Å². The van der Waals surface area contributed by atoms with Crippen molar-refractivity contribution >= 4 is 11.6 Å². The Balaban J connectivity index is 1.79. The number of rotatable bonds is 7. The molecule has 1 aromatic heterocycles. The molecule has 0 unspecified atom stereocenters. The molecule has 6 nitrogen and oxygen atoms in total. The van der Waals surface area contributed by atoms with Crippen LogP contribution < -0.4 is 10.2 Å². The standard InChI is InChI=1S/C22H25N5O/c1-26(2)18-12-10-16(11-13-18)20(27(3)4)15-24-22-19(14-23)25-21(28-22)17-8-6-5-7-9-17/h5-13,20,24H,15H2,1-4H3/t20-/m0/s1. The van der Waals surface area contributed by atoms with Crippen LogP contribution in [0.5, 0.6) is 0 Å². The Bertz CT molecular complexity index is 939. The molecule has 28 heavy (non-hydrogen) atoms. The van der Waals surface area contributed by atoms with Gasteiger partial charge in [-0.1, -0.05) is 30.3 Å². The van der Waals surface area contributed by atoms with Crippen LogP contribution in [-0.2, 0) is 0 Å². The number of hydrogen-bond donors (Lipinski definition) is 1. The van der Waals surface area contributed by atoms with Gasteiger partial charge in [-0.05, 0) is 43.9 Å². The first kappa shape index (κ1) is 19.5. The molecule has 1 heterocycles. The number of nitriles is 1. The highest BCUT2D eigenvalue weighted by Crippen LogP contribution is 2.27. The number of aromatic nitrogens is 1. The van der Waals surface area contributed by atoms with Gasteiger partial charge in [-0.2, -0.15) is 10.2 Å². The van der Waals surface area contributed by atoms with Gasteiger partial charge in [-0.3, -0.25) is 0 Å². The van der Waals surface area contributed by atoms with Gasteiger partial charge in [0, 0.05) is 31.9 Å². The van der Waals surface area contributed by atoms with Crippen LogP contribution in [-0.4, -0.2) is 44.6 Å². The Morgan fingerprint density at radius 1 is 1.04 bits per heavy atom. The summed E-state index contributed by atoms with van der Waals surface area (Å²) in [5, 5.41) is 12.7. The molecule has 3 rings (SSSR count). The van der Waals surface area contributed by atoms with Crippen molar-refractivity contribution in [2.45, 2.75) is 6.04 Å². The molecule has 3 aromatic rings. The molecule has 0 saturated heterocycles. The van der Waals surface area contributed by atoms with E-state index in [0.717, 1.165) is 11.3 Å². The normalized spacial score (nSPS) is 11.9. The van der Waals surface area contributed by atoms with Crippen molar-refractivity contribution in [2.24, 2.45) is 0 Å². The third-order valence-electron chi connectivity index (χ3n) is 4.63. The van der Waals surface area contributed by atoms with Crippen molar-refractivity contribution in [2.75, 3.05) is 45.0 Å². The van der Waals surface area contributed by atoms with E-state index in [1.54, 1.807) is 0 Å². The van der Waals surface area contributed by atoms with E-state index in [4.69, 9.17) is 4.42 Å². The second kappa shape index (κ2) is 8.59. The van der Waals surface area contributed by atoms with Crippen molar-refractivity contribution in [1.82, 2.24) is 9.88 Å². The van der Waals surface area contributed by atoms with Crippen LogP contribution in [0.1, 0.15) is 17.3 Å². The van der Waals surface area contributed by atoms with Crippen LogP contribution >= 0.6 is 0 Å². The lowest BCUT2D eigenvalue weighted by atomic mass is 10.1. The van der Waals surface area contributed by atoms with Gasteiger partial charge in [0.25, 0.3) is 0 Å². The maximum absolute atomic E-state index is 9.43. The minimum atomic E-state index is 0.119. The Labute approximate surface area is 166 Å². The van der Waals surface area contributed by atoms with Gasteiger partial charge in [0.1, 0.15) is 6.07 Å². The van der Waals surface area contributed by atoms with Crippen LogP contribution in [0.25, 0.3) is 11.5 Å². The van der Waals surface area contributed by atoms with Gasteiger partial charge in [-0.25, -0.2) is 0 Å². The average Bonchev–Trinajstić information content (AvgIpc) is 3.12. The van der Waals surface area contributed by atoms with Gasteiger partial charge in [0.15, 0.2) is 0 Å². The van der Waals surface area contributed by atoms with Gasteiger partial charge < -0.3 is 19.5 Å². The van der Waals surface area contributed by atoms with E-state index >= 15 is 0 Å². The summed E-state index contributed by atoms with van der Waals surface area (Å²) in [5.41, 5.74) is 3.45. The van der Waals surface area contributed by atoms with Crippen molar-refractivity contribution in [3.63, 3.8) is 0 Å². The lowest BCUT2D eigenvalue weighted by molar-refractivity contribution is 0.310. The third-order valence-corrected chi connectivity index (χ3v) is 4.63. The predicted molar refractivity (Wildman–Crippen MR) is 112 cm³/mol. The van der Waals surface area contributed by atoms with E-state index in [-0.39, 0.29) is 11.7 Å². The summed E-state index contributed by atoms with van der Waals surface area (Å²) in [6, 6.07) is 20.3. The zero-order valence-corrected chi connectivity index (χ0v) is 16.7. The second-order valence-electron chi connectivity index (χ2n) is 7.02. The maximum Gasteiger partial charge on any atom is 0.232 e. The fourth-order valence-electron chi connectivity index (χ4n) is 3.00. The number of nitrogens with one attached hydrogen (secondary N) is 1. The molecule has 2 aromatic carbocycles. The first-order chi connectivity index (χ1) is 13.5. The molecule has 0 aliphatic carbocycles. The average molecular weight is 375 g/mol. The summed E-state index contributed by atoms with van der Waals surface area (Å²) in [4.78, 5) is 8.53. The van der Waals surface area contributed by atoms with Gasteiger partial charge >= 0.3 is 0 Å². The predicted octanol–water partition coefficient (Wildman–Crippen LogP) is 3.99. The largest absolute Gasteiger partial charge is 0.419 e. The molecule has 0 bridgehead atoms. The van der Waals surface area contributed by atoms with E-state index < -0.39 is 0 Å². The van der Waals surface area contributed by atoms with Gasteiger partial charge in [0.2, 0.25) is 17.5 Å². The Morgan fingerprint density at radius 3 is 2.29 bits per heavy atom. The molecule has 1 atom stereocenters. The highest BCUT2D eigenvalue weighted by molar-refractivity contribution is 5.58. The molecule has 0 amide bonds. The van der Waals surface area contributed by atoms with Crippen LogP contribution in [0, 0.1) is 11.3 Å². The molecular weight excluding hydrogens is 350 g/mol. The SMILES string of the molecule is CN(C)c1ccc([C@H](CNc2oc(-c3ccccc3)nc2C#N)N(C)C)cc1. The van der Waals surface area contributed by atoms with Crippen molar-refractivity contribution in [3.8, 4) is 17.5 Å². The molecule has 0 radical (unpaired) electrons. The van der Waals surface area contributed by atoms with Crippen LogP contribution in [0.3, 0.4) is 0 Å². The van der Waals surface area contributed by atoms with Gasteiger partial charge in [-0.15, -0.1) is 0 Å². The van der Waals surface area contributed by atoms with Crippen molar-refractivity contribution in [1.29, 1.82) is 5.26 Å². The minimum Gasteiger partial charge on any atom is -0.419 e. The minimum absolute atomic E-state index is 0.119. The fourth-order valence-corrected chi connectivity index (χ4v) is 3.00. The number of hydrogen-bond acceptors (Lipinski definition) is 6. The lowest BCUT2D eigenvalue weighted by Crippen LogP contribution is -2.27. The first-order valence-corrected chi connectivity index (χ1v) is 9.13. The number of anilines is 2. The molecule has 0 spiro atoms. The smallest absolute Gasteiger partial charge is 0.232 e. The summed E-state index contributed by atoms with van der Waals surface area (Å²) in [6.45, 7) is 0.590. The monoisotopic (exact) mass is 375 g/mol. The van der Waals surface area contributed by atoms with E-state index in [1.807, 2.05) is 58.5 Å². The maximum atomic E-state index is 9.43. The molecule has 0 fully saturated rings. The van der Waals surface area contributed by atoms with E-state index in [1.165, 1.54) is 5.56 Å². The van der Waals surface area contributed by atoms with Crippen molar-refractivity contribution in [3.05, 3.63) is 65.9 Å². The van der Waals surface area contributed by atoms with Gasteiger partial charge in [0.05, 0.1) is 6.04 Å². The number of nitrogens with zero attached hydrogens (tertiary/aromatic N) is 4. The molecule has 0 aliphatic heterocycles. The molecule has 0 aliphatic rings. The van der Waals surface area contributed by atoms with E-state index in [0.29, 0.717) is 18.3 Å². The summed E-state index contributed by atoms with van der Waals surface area (Å²) < 4.78 is 5.84. The summed E-state index contributed by atoms with van der Waals surface area (Å²) in [7, 11) is 8.12. The molecular formula is C22H25N5O. The highest BCUT2D eigenvalue weighted by atomic mass is 16.4. The fraction of sp³-hybridized carbons (Fsp3) is 0.273. The van der Waals surface area contributed by atoms with Crippen molar-refractivity contribution < 1.29 is 4.42 Å². The molecule has 144 valence electrons.